The Labute approximate surface area is 135 Å². The smallest absolute Gasteiger partial charge is 0.312 e. The van der Waals surface area contributed by atoms with Gasteiger partial charge < -0.3 is 14.2 Å². The van der Waals surface area contributed by atoms with Crippen LogP contribution in [0.1, 0.15) is 73.6 Å². The molecule has 1 fully saturated rings. The number of carbonyl (C=O) groups excluding carboxylic acids is 1. The summed E-state index contributed by atoms with van der Waals surface area (Å²) in [5.41, 5.74) is -0.410. The maximum atomic E-state index is 12.5. The van der Waals surface area contributed by atoms with Gasteiger partial charge >= 0.3 is 5.97 Å². The van der Waals surface area contributed by atoms with E-state index < -0.39 is 11.2 Å². The summed E-state index contributed by atoms with van der Waals surface area (Å²) in [6.45, 7) is 13.4. The van der Waals surface area contributed by atoms with Crippen molar-refractivity contribution in [3.63, 3.8) is 0 Å². The van der Waals surface area contributed by atoms with E-state index in [2.05, 4.69) is 34.6 Å². The zero-order chi connectivity index (χ0) is 16.8. The molecule has 1 saturated heterocycles. The standard InChI is InChI=1S/C18H34O4/c1-7-11-17(6,14(4)5)16(19)20-13-15-10-12-21-18(8-2,9-3)22-15/h14-15H,7-13H2,1-6H3. The molecule has 0 aromatic rings. The fourth-order valence-electron chi connectivity index (χ4n) is 2.99. The largest absolute Gasteiger partial charge is 0.462 e. The lowest BCUT2D eigenvalue weighted by molar-refractivity contribution is -0.301. The number of rotatable bonds is 8. The molecule has 0 amide bonds. The monoisotopic (exact) mass is 314 g/mol. The van der Waals surface area contributed by atoms with Crippen LogP contribution in [0.3, 0.4) is 0 Å². The van der Waals surface area contributed by atoms with Crippen LogP contribution >= 0.6 is 0 Å². The van der Waals surface area contributed by atoms with E-state index >= 15 is 0 Å². The van der Waals surface area contributed by atoms with Crippen molar-refractivity contribution in [2.75, 3.05) is 13.2 Å². The van der Waals surface area contributed by atoms with Gasteiger partial charge in [-0.15, -0.1) is 0 Å². The highest BCUT2D eigenvalue weighted by Gasteiger charge is 2.39. The number of esters is 1. The summed E-state index contributed by atoms with van der Waals surface area (Å²) >= 11 is 0. The van der Waals surface area contributed by atoms with Crippen molar-refractivity contribution < 1.29 is 19.0 Å². The van der Waals surface area contributed by atoms with Crippen LogP contribution < -0.4 is 0 Å². The summed E-state index contributed by atoms with van der Waals surface area (Å²) in [6.07, 6.45) is 4.18. The van der Waals surface area contributed by atoms with Crippen LogP contribution in [0.25, 0.3) is 0 Å². The van der Waals surface area contributed by atoms with Gasteiger partial charge in [-0.05, 0) is 32.1 Å². The highest BCUT2D eigenvalue weighted by molar-refractivity contribution is 5.76. The predicted molar refractivity (Wildman–Crippen MR) is 87.6 cm³/mol. The Morgan fingerprint density at radius 2 is 1.95 bits per heavy atom. The van der Waals surface area contributed by atoms with Gasteiger partial charge in [0.1, 0.15) is 6.61 Å². The minimum Gasteiger partial charge on any atom is -0.462 e. The summed E-state index contributed by atoms with van der Waals surface area (Å²) in [4.78, 5) is 12.5. The molecule has 0 aromatic heterocycles. The molecule has 0 saturated carbocycles. The fraction of sp³-hybridized carbons (Fsp3) is 0.944. The molecular weight excluding hydrogens is 280 g/mol. The second kappa shape index (κ2) is 8.30. The first kappa shape index (κ1) is 19.4. The fourth-order valence-corrected chi connectivity index (χ4v) is 2.99. The number of hydrogen-bond donors (Lipinski definition) is 0. The highest BCUT2D eigenvalue weighted by atomic mass is 16.7. The first-order chi connectivity index (χ1) is 10.3. The van der Waals surface area contributed by atoms with E-state index in [4.69, 9.17) is 14.2 Å². The van der Waals surface area contributed by atoms with E-state index in [1.807, 2.05) is 6.92 Å². The molecule has 1 aliphatic rings. The van der Waals surface area contributed by atoms with Crippen LogP contribution in [-0.2, 0) is 19.0 Å². The van der Waals surface area contributed by atoms with E-state index in [0.717, 1.165) is 32.1 Å². The minimum atomic E-state index is -0.500. The van der Waals surface area contributed by atoms with Gasteiger partial charge in [0.2, 0.25) is 0 Å². The van der Waals surface area contributed by atoms with Crippen molar-refractivity contribution in [2.45, 2.75) is 85.5 Å². The van der Waals surface area contributed by atoms with Gasteiger partial charge in [0.25, 0.3) is 0 Å². The van der Waals surface area contributed by atoms with Gasteiger partial charge in [-0.25, -0.2) is 0 Å². The molecule has 4 nitrogen and oxygen atoms in total. The van der Waals surface area contributed by atoms with Crippen molar-refractivity contribution in [2.24, 2.45) is 11.3 Å². The van der Waals surface area contributed by atoms with Crippen LogP contribution in [0.2, 0.25) is 0 Å². The SMILES string of the molecule is CCCC(C)(C(=O)OCC1CCOC(CC)(CC)O1)C(C)C. The third-order valence-electron chi connectivity index (χ3n) is 5.17. The van der Waals surface area contributed by atoms with Crippen molar-refractivity contribution in [3.8, 4) is 0 Å². The topological polar surface area (TPSA) is 44.8 Å². The summed E-state index contributed by atoms with van der Waals surface area (Å²) in [6, 6.07) is 0. The third kappa shape index (κ3) is 4.45. The highest BCUT2D eigenvalue weighted by Crippen LogP contribution is 2.34. The lowest BCUT2D eigenvalue weighted by Gasteiger charge is -2.40. The van der Waals surface area contributed by atoms with Gasteiger partial charge in [-0.2, -0.15) is 0 Å². The first-order valence-electron chi connectivity index (χ1n) is 8.82. The first-order valence-corrected chi connectivity index (χ1v) is 8.82. The van der Waals surface area contributed by atoms with Crippen molar-refractivity contribution in [1.82, 2.24) is 0 Å². The Kier molecular flexibility index (Phi) is 7.33. The van der Waals surface area contributed by atoms with Gasteiger partial charge in [0.05, 0.1) is 18.1 Å². The molecule has 130 valence electrons. The summed E-state index contributed by atoms with van der Waals surface area (Å²) in [7, 11) is 0. The second-order valence-corrected chi connectivity index (χ2v) is 6.92. The molecule has 1 rings (SSSR count). The maximum absolute atomic E-state index is 12.5. The summed E-state index contributed by atoms with van der Waals surface area (Å²) in [5, 5.41) is 0. The van der Waals surface area contributed by atoms with Crippen molar-refractivity contribution >= 4 is 5.97 Å². The Bertz CT molecular complexity index is 349. The molecule has 22 heavy (non-hydrogen) atoms. The van der Waals surface area contributed by atoms with Crippen molar-refractivity contribution in [3.05, 3.63) is 0 Å². The molecule has 4 heteroatoms. The Balaban J connectivity index is 2.59. The van der Waals surface area contributed by atoms with E-state index in [1.165, 1.54) is 0 Å². The maximum Gasteiger partial charge on any atom is 0.312 e. The zero-order valence-corrected chi connectivity index (χ0v) is 15.2. The summed E-state index contributed by atoms with van der Waals surface area (Å²) < 4.78 is 17.5. The minimum absolute atomic E-state index is 0.0596. The molecule has 0 N–H and O–H groups in total. The average Bonchev–Trinajstić information content (AvgIpc) is 2.52. The Morgan fingerprint density at radius 3 is 2.45 bits per heavy atom. The lowest BCUT2D eigenvalue weighted by Crippen LogP contribution is -2.46. The Morgan fingerprint density at radius 1 is 1.32 bits per heavy atom. The van der Waals surface area contributed by atoms with E-state index in [1.54, 1.807) is 0 Å². The predicted octanol–water partition coefficient (Wildman–Crippen LogP) is 4.31. The van der Waals surface area contributed by atoms with Crippen LogP contribution in [0.4, 0.5) is 0 Å². The van der Waals surface area contributed by atoms with Gasteiger partial charge in [-0.1, -0.05) is 41.0 Å². The summed E-state index contributed by atoms with van der Waals surface area (Å²) in [5.74, 6) is -0.334. The molecule has 2 atom stereocenters. The third-order valence-corrected chi connectivity index (χ3v) is 5.17. The molecule has 1 aliphatic heterocycles. The number of ether oxygens (including phenoxy) is 3. The van der Waals surface area contributed by atoms with Gasteiger partial charge in [-0.3, -0.25) is 4.79 Å². The van der Waals surface area contributed by atoms with Crippen LogP contribution in [-0.4, -0.2) is 31.1 Å². The molecular formula is C18H34O4. The molecule has 0 aromatic carbocycles. The Hall–Kier alpha value is -0.610. The number of hydrogen-bond acceptors (Lipinski definition) is 4. The second-order valence-electron chi connectivity index (χ2n) is 6.92. The molecule has 0 radical (unpaired) electrons. The normalized spacial score (nSPS) is 24.0. The molecule has 0 bridgehead atoms. The van der Waals surface area contributed by atoms with Crippen LogP contribution in [0.5, 0.6) is 0 Å². The van der Waals surface area contributed by atoms with E-state index in [9.17, 15) is 4.79 Å². The van der Waals surface area contributed by atoms with E-state index in [0.29, 0.717) is 13.2 Å². The zero-order valence-electron chi connectivity index (χ0n) is 15.2. The van der Waals surface area contributed by atoms with Gasteiger partial charge in [0, 0.05) is 6.42 Å². The number of carbonyl (C=O) groups is 1. The van der Waals surface area contributed by atoms with Crippen molar-refractivity contribution in [1.29, 1.82) is 0 Å². The molecule has 0 aliphatic carbocycles. The van der Waals surface area contributed by atoms with Crippen LogP contribution in [0, 0.1) is 11.3 Å². The van der Waals surface area contributed by atoms with Crippen LogP contribution in [0.15, 0.2) is 0 Å². The quantitative estimate of drug-likeness (QED) is 0.626. The molecule has 0 spiro atoms. The van der Waals surface area contributed by atoms with Gasteiger partial charge in [0.15, 0.2) is 5.79 Å². The molecule has 2 unspecified atom stereocenters. The lowest BCUT2D eigenvalue weighted by atomic mass is 9.75. The van der Waals surface area contributed by atoms with E-state index in [-0.39, 0.29) is 18.0 Å². The molecule has 1 heterocycles. The average molecular weight is 314 g/mol.